The fraction of sp³-hybridized carbons (Fsp3) is 0.941. The number of amides is 1. The molecule has 1 N–H and O–H groups in total. The zero-order valence-electron chi connectivity index (χ0n) is 14.3. The van der Waals surface area contributed by atoms with Gasteiger partial charge in [0, 0.05) is 19.1 Å². The predicted octanol–water partition coefficient (Wildman–Crippen LogP) is 3.44. The Morgan fingerprint density at radius 2 is 1.75 bits per heavy atom. The Hall–Kier alpha value is -0.570. The molecule has 118 valence electrons. The van der Waals surface area contributed by atoms with Crippen LogP contribution in [0.15, 0.2) is 0 Å². The highest BCUT2D eigenvalue weighted by molar-refractivity contribution is 5.81. The van der Waals surface area contributed by atoms with Crippen molar-refractivity contribution in [1.29, 1.82) is 0 Å². The average Bonchev–Trinajstić information content (AvgIpc) is 2.39. The third-order valence-corrected chi connectivity index (χ3v) is 4.79. The number of hydrogen-bond acceptors (Lipinski definition) is 2. The van der Waals surface area contributed by atoms with Gasteiger partial charge in [0.05, 0.1) is 6.04 Å². The summed E-state index contributed by atoms with van der Waals surface area (Å²) in [5.41, 5.74) is 0.316. The lowest BCUT2D eigenvalue weighted by Gasteiger charge is -2.42. The molecule has 3 unspecified atom stereocenters. The summed E-state index contributed by atoms with van der Waals surface area (Å²) in [6, 6.07) is 0.418. The smallest absolute Gasteiger partial charge is 0.239 e. The molecule has 1 amide bonds. The number of carbonyl (C=O) groups excluding carboxylic acids is 1. The fourth-order valence-electron chi connectivity index (χ4n) is 3.57. The van der Waals surface area contributed by atoms with E-state index in [-0.39, 0.29) is 11.9 Å². The van der Waals surface area contributed by atoms with Gasteiger partial charge >= 0.3 is 0 Å². The van der Waals surface area contributed by atoms with E-state index in [2.05, 4.69) is 26.1 Å². The van der Waals surface area contributed by atoms with Crippen LogP contribution in [0, 0.1) is 11.3 Å². The van der Waals surface area contributed by atoms with Crippen LogP contribution in [0.25, 0.3) is 0 Å². The standard InChI is InChI=1S/C17H34N2O/c1-7-19(8-2)16(20)13(3)18-15-12-10-9-11-14(15)17(4,5)6/h13-15,18H,7-12H2,1-6H3. The Kier molecular flexibility index (Phi) is 6.50. The van der Waals surface area contributed by atoms with Crippen LogP contribution in [0.4, 0.5) is 0 Å². The van der Waals surface area contributed by atoms with Crippen LogP contribution in [0.5, 0.6) is 0 Å². The Morgan fingerprint density at radius 1 is 1.20 bits per heavy atom. The van der Waals surface area contributed by atoms with Gasteiger partial charge in [0.2, 0.25) is 5.91 Å². The van der Waals surface area contributed by atoms with E-state index in [9.17, 15) is 4.79 Å². The molecular weight excluding hydrogens is 248 g/mol. The maximum absolute atomic E-state index is 12.4. The number of likely N-dealkylation sites (N-methyl/N-ethyl adjacent to an activating group) is 1. The minimum absolute atomic E-state index is 0.0668. The molecule has 0 spiro atoms. The van der Waals surface area contributed by atoms with Gasteiger partial charge in [-0.2, -0.15) is 0 Å². The number of rotatable bonds is 5. The molecule has 3 nitrogen and oxygen atoms in total. The van der Waals surface area contributed by atoms with Crippen molar-refractivity contribution in [3.63, 3.8) is 0 Å². The molecule has 0 aromatic heterocycles. The maximum Gasteiger partial charge on any atom is 0.239 e. The van der Waals surface area contributed by atoms with E-state index in [1.54, 1.807) is 0 Å². The molecule has 0 aromatic rings. The van der Waals surface area contributed by atoms with Crippen LogP contribution in [0.1, 0.15) is 67.2 Å². The van der Waals surface area contributed by atoms with E-state index in [0.717, 1.165) is 13.1 Å². The summed E-state index contributed by atoms with van der Waals surface area (Å²) in [4.78, 5) is 14.3. The first kappa shape index (κ1) is 17.5. The van der Waals surface area contributed by atoms with Gasteiger partial charge in [0.25, 0.3) is 0 Å². The lowest BCUT2D eigenvalue weighted by Crippen LogP contribution is -2.53. The molecule has 0 saturated heterocycles. The molecule has 0 radical (unpaired) electrons. The molecule has 1 aliphatic rings. The van der Waals surface area contributed by atoms with Crippen molar-refractivity contribution in [2.75, 3.05) is 13.1 Å². The first-order valence-electron chi connectivity index (χ1n) is 8.36. The first-order valence-corrected chi connectivity index (χ1v) is 8.36. The van der Waals surface area contributed by atoms with E-state index in [4.69, 9.17) is 0 Å². The summed E-state index contributed by atoms with van der Waals surface area (Å²) in [6.45, 7) is 14.7. The molecule has 1 rings (SSSR count). The summed E-state index contributed by atoms with van der Waals surface area (Å²) in [7, 11) is 0. The van der Waals surface area contributed by atoms with Crippen LogP contribution in [-0.4, -0.2) is 36.0 Å². The fourth-order valence-corrected chi connectivity index (χ4v) is 3.57. The van der Waals surface area contributed by atoms with Crippen LogP contribution < -0.4 is 5.32 Å². The number of carbonyl (C=O) groups is 1. The lowest BCUT2D eigenvalue weighted by molar-refractivity contribution is -0.133. The zero-order chi connectivity index (χ0) is 15.3. The molecular formula is C17H34N2O. The molecule has 1 saturated carbocycles. The van der Waals surface area contributed by atoms with Gasteiger partial charge in [-0.05, 0) is 44.9 Å². The normalized spacial score (nSPS) is 25.3. The SMILES string of the molecule is CCN(CC)C(=O)C(C)NC1CCCCC1C(C)(C)C. The molecule has 1 aliphatic carbocycles. The summed E-state index contributed by atoms with van der Waals surface area (Å²) in [5, 5.41) is 3.63. The van der Waals surface area contributed by atoms with Crippen molar-refractivity contribution in [1.82, 2.24) is 10.2 Å². The zero-order valence-corrected chi connectivity index (χ0v) is 14.3. The molecule has 0 heterocycles. The summed E-state index contributed by atoms with van der Waals surface area (Å²) in [5.74, 6) is 0.913. The van der Waals surface area contributed by atoms with E-state index in [0.29, 0.717) is 17.4 Å². The van der Waals surface area contributed by atoms with Gasteiger partial charge in [-0.15, -0.1) is 0 Å². The molecule has 0 aliphatic heterocycles. The van der Waals surface area contributed by atoms with E-state index < -0.39 is 0 Å². The second kappa shape index (κ2) is 7.44. The minimum Gasteiger partial charge on any atom is -0.342 e. The van der Waals surface area contributed by atoms with Crippen molar-refractivity contribution in [3.05, 3.63) is 0 Å². The van der Waals surface area contributed by atoms with Crippen molar-refractivity contribution < 1.29 is 4.79 Å². The molecule has 3 atom stereocenters. The number of nitrogens with zero attached hydrogens (tertiary/aromatic N) is 1. The van der Waals surface area contributed by atoms with Gasteiger partial charge in [0.1, 0.15) is 0 Å². The molecule has 20 heavy (non-hydrogen) atoms. The average molecular weight is 282 g/mol. The van der Waals surface area contributed by atoms with Crippen LogP contribution in [0.2, 0.25) is 0 Å². The second-order valence-corrected chi connectivity index (χ2v) is 7.26. The van der Waals surface area contributed by atoms with Gasteiger partial charge in [-0.25, -0.2) is 0 Å². The van der Waals surface area contributed by atoms with Gasteiger partial charge in [-0.1, -0.05) is 33.6 Å². The quantitative estimate of drug-likeness (QED) is 0.838. The highest BCUT2D eigenvalue weighted by atomic mass is 16.2. The largest absolute Gasteiger partial charge is 0.342 e. The van der Waals surface area contributed by atoms with Crippen LogP contribution >= 0.6 is 0 Å². The van der Waals surface area contributed by atoms with E-state index >= 15 is 0 Å². The summed E-state index contributed by atoms with van der Waals surface area (Å²) < 4.78 is 0. The van der Waals surface area contributed by atoms with Gasteiger partial charge in [0.15, 0.2) is 0 Å². The first-order chi connectivity index (χ1) is 9.31. The monoisotopic (exact) mass is 282 g/mol. The molecule has 1 fully saturated rings. The van der Waals surface area contributed by atoms with E-state index in [1.165, 1.54) is 25.7 Å². The molecule has 0 aromatic carbocycles. The van der Waals surface area contributed by atoms with E-state index in [1.807, 2.05) is 25.7 Å². The summed E-state index contributed by atoms with van der Waals surface area (Å²) >= 11 is 0. The Morgan fingerprint density at radius 3 is 2.25 bits per heavy atom. The molecule has 0 bridgehead atoms. The second-order valence-electron chi connectivity index (χ2n) is 7.26. The third kappa shape index (κ3) is 4.47. The highest BCUT2D eigenvalue weighted by Gasteiger charge is 2.35. The topological polar surface area (TPSA) is 32.3 Å². The Labute approximate surface area is 125 Å². The van der Waals surface area contributed by atoms with Crippen LogP contribution in [0.3, 0.4) is 0 Å². The lowest BCUT2D eigenvalue weighted by atomic mass is 9.69. The maximum atomic E-state index is 12.4. The van der Waals surface area contributed by atoms with Crippen LogP contribution in [-0.2, 0) is 4.79 Å². The van der Waals surface area contributed by atoms with Crippen molar-refractivity contribution in [2.24, 2.45) is 11.3 Å². The molecule has 3 heteroatoms. The third-order valence-electron chi connectivity index (χ3n) is 4.79. The number of nitrogens with one attached hydrogen (secondary N) is 1. The number of hydrogen-bond donors (Lipinski definition) is 1. The van der Waals surface area contributed by atoms with Crippen molar-refractivity contribution in [3.8, 4) is 0 Å². The van der Waals surface area contributed by atoms with Gasteiger partial charge in [-0.3, -0.25) is 4.79 Å². The minimum atomic E-state index is -0.0668. The summed E-state index contributed by atoms with van der Waals surface area (Å²) in [6.07, 6.45) is 5.11. The Balaban J connectivity index is 2.67. The highest BCUT2D eigenvalue weighted by Crippen LogP contribution is 2.38. The van der Waals surface area contributed by atoms with Gasteiger partial charge < -0.3 is 10.2 Å². The predicted molar refractivity (Wildman–Crippen MR) is 85.7 cm³/mol. The Bertz CT molecular complexity index is 305. The van der Waals surface area contributed by atoms with Crippen molar-refractivity contribution >= 4 is 5.91 Å². The van der Waals surface area contributed by atoms with Crippen molar-refractivity contribution in [2.45, 2.75) is 79.3 Å².